The van der Waals surface area contributed by atoms with Crippen LogP contribution < -0.4 is 0 Å². The minimum Gasteiger partial charge on any atom is -0.342 e. The second kappa shape index (κ2) is 6.69. The summed E-state index contributed by atoms with van der Waals surface area (Å²) < 4.78 is 12.9. The highest BCUT2D eigenvalue weighted by molar-refractivity contribution is 5.82. The third-order valence-corrected chi connectivity index (χ3v) is 4.83. The zero-order valence-corrected chi connectivity index (χ0v) is 13.5. The predicted molar refractivity (Wildman–Crippen MR) is 85.2 cm³/mol. The van der Waals surface area contributed by atoms with Gasteiger partial charge in [0.1, 0.15) is 5.82 Å². The lowest BCUT2D eigenvalue weighted by Gasteiger charge is -2.34. The van der Waals surface area contributed by atoms with Gasteiger partial charge >= 0.3 is 0 Å². The Morgan fingerprint density at radius 2 is 1.91 bits per heavy atom. The van der Waals surface area contributed by atoms with E-state index in [4.69, 9.17) is 0 Å². The number of likely N-dealkylation sites (tertiary alicyclic amines) is 1. The lowest BCUT2D eigenvalue weighted by atomic mass is 9.96. The maximum atomic E-state index is 12.9. The van der Waals surface area contributed by atoms with Gasteiger partial charge in [-0.3, -0.25) is 9.59 Å². The molecule has 5 heteroatoms. The molecule has 3 rings (SSSR count). The fourth-order valence-electron chi connectivity index (χ4n) is 3.22. The van der Waals surface area contributed by atoms with Crippen LogP contribution in [0.15, 0.2) is 24.3 Å². The minimum absolute atomic E-state index is 0.0168. The first-order valence-corrected chi connectivity index (χ1v) is 8.33. The molecule has 1 saturated heterocycles. The Morgan fingerprint density at radius 3 is 2.57 bits per heavy atom. The molecule has 1 heterocycles. The molecular formula is C18H23FN2O2. The van der Waals surface area contributed by atoms with E-state index in [0.29, 0.717) is 19.1 Å². The molecule has 1 aliphatic carbocycles. The predicted octanol–water partition coefficient (Wildman–Crippen LogP) is 2.23. The summed E-state index contributed by atoms with van der Waals surface area (Å²) in [5, 5.41) is 0. The Labute approximate surface area is 136 Å². The Balaban J connectivity index is 1.57. The first-order chi connectivity index (χ1) is 11.0. The van der Waals surface area contributed by atoms with Crippen LogP contribution in [0.25, 0.3) is 0 Å². The van der Waals surface area contributed by atoms with Crippen molar-refractivity contribution in [2.24, 2.45) is 5.92 Å². The van der Waals surface area contributed by atoms with E-state index in [1.807, 2.05) is 11.9 Å². The number of piperidine rings is 1. The molecule has 0 unspecified atom stereocenters. The molecule has 1 aliphatic heterocycles. The van der Waals surface area contributed by atoms with Gasteiger partial charge in [-0.15, -0.1) is 0 Å². The number of carbonyl (C=O) groups is 2. The summed E-state index contributed by atoms with van der Waals surface area (Å²) in [4.78, 5) is 28.6. The van der Waals surface area contributed by atoms with E-state index in [9.17, 15) is 14.0 Å². The van der Waals surface area contributed by atoms with Crippen molar-refractivity contribution >= 4 is 11.8 Å². The van der Waals surface area contributed by atoms with E-state index < -0.39 is 0 Å². The molecule has 1 aromatic carbocycles. The summed E-state index contributed by atoms with van der Waals surface area (Å²) in [5.41, 5.74) is 0.806. The molecule has 2 aliphatic rings. The van der Waals surface area contributed by atoms with E-state index in [-0.39, 0.29) is 30.0 Å². The van der Waals surface area contributed by atoms with Crippen LogP contribution in [-0.2, 0) is 16.0 Å². The molecule has 4 nitrogen and oxygen atoms in total. The second-order valence-electron chi connectivity index (χ2n) is 6.66. The van der Waals surface area contributed by atoms with Crippen LogP contribution in [0.2, 0.25) is 0 Å². The average Bonchev–Trinajstić information content (AvgIpc) is 3.40. The number of benzene rings is 1. The molecule has 2 amide bonds. The lowest BCUT2D eigenvalue weighted by molar-refractivity contribution is -0.140. The zero-order chi connectivity index (χ0) is 16.4. The van der Waals surface area contributed by atoms with Crippen molar-refractivity contribution < 1.29 is 14.0 Å². The molecule has 1 saturated carbocycles. The van der Waals surface area contributed by atoms with Gasteiger partial charge in [-0.25, -0.2) is 4.39 Å². The Morgan fingerprint density at radius 1 is 1.22 bits per heavy atom. The Bertz CT molecular complexity index is 583. The number of halogens is 1. The van der Waals surface area contributed by atoms with Crippen LogP contribution in [0.3, 0.4) is 0 Å². The molecule has 0 bridgehead atoms. The number of rotatable bonds is 4. The van der Waals surface area contributed by atoms with E-state index >= 15 is 0 Å². The van der Waals surface area contributed by atoms with Crippen molar-refractivity contribution in [2.75, 3.05) is 20.1 Å². The monoisotopic (exact) mass is 318 g/mol. The van der Waals surface area contributed by atoms with E-state index in [2.05, 4.69) is 0 Å². The maximum absolute atomic E-state index is 12.9. The third-order valence-electron chi connectivity index (χ3n) is 4.83. The van der Waals surface area contributed by atoms with E-state index in [1.54, 1.807) is 17.0 Å². The second-order valence-corrected chi connectivity index (χ2v) is 6.66. The highest BCUT2D eigenvalue weighted by Gasteiger charge is 2.35. The van der Waals surface area contributed by atoms with Gasteiger partial charge in [0.05, 0.1) is 12.3 Å². The quantitative estimate of drug-likeness (QED) is 0.854. The summed E-state index contributed by atoms with van der Waals surface area (Å²) in [6.45, 7) is 1.22. The van der Waals surface area contributed by atoms with Crippen LogP contribution in [0.4, 0.5) is 4.39 Å². The molecule has 0 aromatic heterocycles. The topological polar surface area (TPSA) is 40.6 Å². The normalized spacial score (nSPS) is 21.1. The SMILES string of the molecule is CN(C(=O)[C@@H]1CCCN(C(=O)Cc2ccc(F)cc2)C1)C1CC1. The maximum Gasteiger partial charge on any atom is 0.227 e. The molecular weight excluding hydrogens is 295 g/mol. The van der Waals surface area contributed by atoms with Crippen LogP contribution >= 0.6 is 0 Å². The van der Waals surface area contributed by atoms with Gasteiger partial charge < -0.3 is 9.80 Å². The van der Waals surface area contributed by atoms with Gasteiger partial charge in [0.2, 0.25) is 11.8 Å². The van der Waals surface area contributed by atoms with Crippen molar-refractivity contribution in [3.05, 3.63) is 35.6 Å². The van der Waals surface area contributed by atoms with Gasteiger partial charge in [-0.2, -0.15) is 0 Å². The molecule has 1 aromatic rings. The molecule has 0 spiro atoms. The summed E-state index contributed by atoms with van der Waals surface area (Å²) in [6, 6.07) is 6.43. The molecule has 1 atom stereocenters. The van der Waals surface area contributed by atoms with Gasteiger partial charge in [0.25, 0.3) is 0 Å². The van der Waals surface area contributed by atoms with E-state index in [0.717, 1.165) is 31.2 Å². The highest BCUT2D eigenvalue weighted by atomic mass is 19.1. The van der Waals surface area contributed by atoms with Crippen molar-refractivity contribution in [3.63, 3.8) is 0 Å². The number of hydrogen-bond acceptors (Lipinski definition) is 2. The van der Waals surface area contributed by atoms with Crippen LogP contribution in [0, 0.1) is 11.7 Å². The first-order valence-electron chi connectivity index (χ1n) is 8.33. The number of amides is 2. The molecule has 0 N–H and O–H groups in total. The van der Waals surface area contributed by atoms with E-state index in [1.165, 1.54) is 12.1 Å². The summed E-state index contributed by atoms with van der Waals surface area (Å²) in [5.74, 6) is -0.186. The Hall–Kier alpha value is -1.91. The van der Waals surface area contributed by atoms with Gasteiger partial charge in [-0.05, 0) is 43.4 Å². The number of carbonyl (C=O) groups excluding carboxylic acids is 2. The van der Waals surface area contributed by atoms with Crippen molar-refractivity contribution in [1.29, 1.82) is 0 Å². The van der Waals surface area contributed by atoms with Crippen LogP contribution in [-0.4, -0.2) is 47.8 Å². The van der Waals surface area contributed by atoms with Crippen LogP contribution in [0.5, 0.6) is 0 Å². The van der Waals surface area contributed by atoms with Crippen molar-refractivity contribution in [2.45, 2.75) is 38.1 Å². The summed E-state index contributed by atoms with van der Waals surface area (Å²) in [7, 11) is 1.87. The standard InChI is InChI=1S/C18H23FN2O2/c1-20(16-8-9-16)18(23)14-3-2-10-21(12-14)17(22)11-13-4-6-15(19)7-5-13/h4-7,14,16H,2-3,8-12H2,1H3/t14-/m1/s1. The molecule has 23 heavy (non-hydrogen) atoms. The zero-order valence-electron chi connectivity index (χ0n) is 13.5. The molecule has 0 radical (unpaired) electrons. The average molecular weight is 318 g/mol. The van der Waals surface area contributed by atoms with Gasteiger partial charge in [0.15, 0.2) is 0 Å². The molecule has 124 valence electrons. The van der Waals surface area contributed by atoms with Crippen molar-refractivity contribution in [3.8, 4) is 0 Å². The van der Waals surface area contributed by atoms with Crippen LogP contribution in [0.1, 0.15) is 31.2 Å². The minimum atomic E-state index is -0.298. The fraction of sp³-hybridized carbons (Fsp3) is 0.556. The largest absolute Gasteiger partial charge is 0.342 e. The first kappa shape index (κ1) is 16.0. The molecule has 2 fully saturated rings. The lowest BCUT2D eigenvalue weighted by Crippen LogP contribution is -2.46. The number of hydrogen-bond donors (Lipinski definition) is 0. The highest BCUT2D eigenvalue weighted by Crippen LogP contribution is 2.28. The third kappa shape index (κ3) is 3.89. The smallest absolute Gasteiger partial charge is 0.227 e. The Kier molecular flexibility index (Phi) is 4.64. The fourth-order valence-corrected chi connectivity index (χ4v) is 3.22. The summed E-state index contributed by atoms with van der Waals surface area (Å²) >= 11 is 0. The van der Waals surface area contributed by atoms with Crippen molar-refractivity contribution in [1.82, 2.24) is 9.80 Å². The van der Waals surface area contributed by atoms with Gasteiger partial charge in [-0.1, -0.05) is 12.1 Å². The number of nitrogens with zero attached hydrogens (tertiary/aromatic N) is 2. The van der Waals surface area contributed by atoms with Gasteiger partial charge in [0, 0.05) is 26.2 Å². The summed E-state index contributed by atoms with van der Waals surface area (Å²) in [6.07, 6.45) is 4.18.